The van der Waals surface area contributed by atoms with Crippen molar-refractivity contribution in [3.05, 3.63) is 12.2 Å². The van der Waals surface area contributed by atoms with Gasteiger partial charge in [0.15, 0.2) is 0 Å². The summed E-state index contributed by atoms with van der Waals surface area (Å²) < 4.78 is 5.41. The summed E-state index contributed by atoms with van der Waals surface area (Å²) in [5, 5.41) is 0. The van der Waals surface area contributed by atoms with E-state index in [2.05, 4.69) is 107 Å². The molecular formula is C29H58O. The van der Waals surface area contributed by atoms with E-state index in [4.69, 9.17) is 4.74 Å². The van der Waals surface area contributed by atoms with Gasteiger partial charge in [0.1, 0.15) is 0 Å². The van der Waals surface area contributed by atoms with Crippen LogP contribution >= 0.6 is 0 Å². The second-order valence-electron chi connectivity index (χ2n) is 10.9. The molecule has 0 bridgehead atoms. The summed E-state index contributed by atoms with van der Waals surface area (Å²) >= 11 is 0. The summed E-state index contributed by atoms with van der Waals surface area (Å²) in [7, 11) is 0. The van der Waals surface area contributed by atoms with Gasteiger partial charge >= 0.3 is 0 Å². The van der Waals surface area contributed by atoms with E-state index in [-0.39, 0.29) is 0 Å². The lowest BCUT2D eigenvalue weighted by Crippen LogP contribution is -2.04. The lowest BCUT2D eigenvalue weighted by molar-refractivity contribution is 0.101. The Kier molecular flexibility index (Phi) is 27.7. The Labute approximate surface area is 192 Å². The largest absolute Gasteiger partial charge is 0.381 e. The van der Waals surface area contributed by atoms with Gasteiger partial charge in [-0.1, -0.05) is 95.2 Å². The molecule has 0 saturated heterocycles. The number of hydrogen-bond donors (Lipinski definition) is 0. The molecule has 0 atom stereocenters. The van der Waals surface area contributed by atoms with Gasteiger partial charge in [-0.2, -0.15) is 0 Å². The van der Waals surface area contributed by atoms with Crippen LogP contribution in [0.2, 0.25) is 0 Å². The fraction of sp³-hybridized carbons (Fsp3) is 0.862. The quantitative estimate of drug-likeness (QED) is 0.183. The molecule has 30 heavy (non-hydrogen) atoms. The topological polar surface area (TPSA) is 9.23 Å². The second-order valence-corrected chi connectivity index (χ2v) is 10.9. The van der Waals surface area contributed by atoms with Gasteiger partial charge in [-0.15, -0.1) is 11.8 Å². The normalized spacial score (nSPS) is 11.1. The van der Waals surface area contributed by atoms with E-state index in [0.717, 1.165) is 55.6 Å². The van der Waals surface area contributed by atoms with Crippen molar-refractivity contribution in [2.45, 2.75) is 115 Å². The lowest BCUT2D eigenvalue weighted by atomic mass is 10.1. The van der Waals surface area contributed by atoms with Crippen molar-refractivity contribution in [1.29, 1.82) is 0 Å². The van der Waals surface area contributed by atoms with Crippen LogP contribution in [0.25, 0.3) is 0 Å². The minimum Gasteiger partial charge on any atom is -0.381 e. The van der Waals surface area contributed by atoms with Crippen LogP contribution in [0.5, 0.6) is 0 Å². The van der Waals surface area contributed by atoms with Gasteiger partial charge in [0, 0.05) is 26.1 Å². The SMILES string of the molecule is CC(C)C/C=C\CC(C)C.CC(C)CC#CCC(C)C.CC(C)CCOCC(C)C. The Hall–Kier alpha value is -0.740. The van der Waals surface area contributed by atoms with Crippen LogP contribution in [0.1, 0.15) is 115 Å². The van der Waals surface area contributed by atoms with E-state index < -0.39 is 0 Å². The molecule has 0 aromatic carbocycles. The molecule has 0 aliphatic rings. The highest BCUT2D eigenvalue weighted by atomic mass is 16.5. The monoisotopic (exact) mass is 422 g/mol. The predicted octanol–water partition coefficient (Wildman–Crippen LogP) is 9.42. The molecule has 1 nitrogen and oxygen atoms in total. The molecule has 0 amide bonds. The molecule has 1 heteroatoms. The standard InChI is InChI=1S/C10H20.C10H18.C9H20O/c2*1-9(2)7-5-6-8-10(3)4;1-8(2)5-6-10-7-9(3)4/h5-6,9-10H,7-8H2,1-4H3;9-10H,7-8H2,1-4H3;8-9H,5-7H2,1-4H3/b6-5-;;. The number of ether oxygens (including phenoxy) is 1. The van der Waals surface area contributed by atoms with Gasteiger partial charge < -0.3 is 4.74 Å². The minimum atomic E-state index is 0.673. The summed E-state index contributed by atoms with van der Waals surface area (Å²) in [5.41, 5.74) is 0. The highest BCUT2D eigenvalue weighted by Crippen LogP contribution is 2.04. The molecule has 0 N–H and O–H groups in total. The van der Waals surface area contributed by atoms with Gasteiger partial charge in [0.25, 0.3) is 0 Å². The van der Waals surface area contributed by atoms with Gasteiger partial charge in [-0.25, -0.2) is 0 Å². The second kappa shape index (κ2) is 24.5. The predicted molar refractivity (Wildman–Crippen MR) is 140 cm³/mol. The first-order chi connectivity index (χ1) is 13.9. The first-order valence-electron chi connectivity index (χ1n) is 12.6. The maximum Gasteiger partial charge on any atom is 0.0488 e. The molecule has 0 aromatic rings. The molecule has 0 aliphatic carbocycles. The van der Waals surface area contributed by atoms with E-state index in [1.54, 1.807) is 0 Å². The zero-order valence-corrected chi connectivity index (χ0v) is 23.0. The molecular weight excluding hydrogens is 364 g/mol. The Morgan fingerprint density at radius 1 is 0.533 bits per heavy atom. The molecule has 0 heterocycles. The van der Waals surface area contributed by atoms with Crippen LogP contribution < -0.4 is 0 Å². The van der Waals surface area contributed by atoms with E-state index >= 15 is 0 Å². The molecule has 0 fully saturated rings. The highest BCUT2D eigenvalue weighted by molar-refractivity contribution is 4.99. The molecule has 0 spiro atoms. The van der Waals surface area contributed by atoms with E-state index in [1.807, 2.05) is 0 Å². The van der Waals surface area contributed by atoms with Crippen molar-refractivity contribution < 1.29 is 4.74 Å². The molecule has 0 saturated carbocycles. The average molecular weight is 423 g/mol. The third-order valence-corrected chi connectivity index (χ3v) is 3.82. The Bertz CT molecular complexity index is 366. The summed E-state index contributed by atoms with van der Waals surface area (Å²) in [6.07, 6.45) is 10.3. The highest BCUT2D eigenvalue weighted by Gasteiger charge is 1.95. The maximum absolute atomic E-state index is 5.41. The van der Waals surface area contributed by atoms with Crippen LogP contribution in [0.3, 0.4) is 0 Å². The van der Waals surface area contributed by atoms with Gasteiger partial charge in [-0.05, 0) is 54.8 Å². The van der Waals surface area contributed by atoms with Crippen LogP contribution in [0, 0.1) is 47.3 Å². The Morgan fingerprint density at radius 3 is 1.20 bits per heavy atom. The van der Waals surface area contributed by atoms with Crippen LogP contribution in [0.4, 0.5) is 0 Å². The summed E-state index contributed by atoms with van der Waals surface area (Å²) in [6.45, 7) is 28.4. The minimum absolute atomic E-state index is 0.673. The van der Waals surface area contributed by atoms with E-state index in [1.165, 1.54) is 19.3 Å². The van der Waals surface area contributed by atoms with Crippen LogP contribution in [-0.2, 0) is 4.74 Å². The molecule has 0 rings (SSSR count). The Morgan fingerprint density at radius 2 is 0.933 bits per heavy atom. The zero-order valence-electron chi connectivity index (χ0n) is 23.0. The number of allylic oxidation sites excluding steroid dienone is 2. The lowest BCUT2D eigenvalue weighted by Gasteiger charge is -2.07. The van der Waals surface area contributed by atoms with Gasteiger partial charge in [-0.3, -0.25) is 0 Å². The van der Waals surface area contributed by atoms with Crippen molar-refractivity contribution in [2.75, 3.05) is 13.2 Å². The van der Waals surface area contributed by atoms with Crippen molar-refractivity contribution in [3.8, 4) is 11.8 Å². The summed E-state index contributed by atoms with van der Waals surface area (Å²) in [5.74, 6) is 10.8. The van der Waals surface area contributed by atoms with Crippen molar-refractivity contribution in [2.24, 2.45) is 35.5 Å². The van der Waals surface area contributed by atoms with Gasteiger partial charge in [0.2, 0.25) is 0 Å². The summed E-state index contributed by atoms with van der Waals surface area (Å²) in [6, 6.07) is 0. The summed E-state index contributed by atoms with van der Waals surface area (Å²) in [4.78, 5) is 0. The fourth-order valence-electron chi connectivity index (χ4n) is 1.93. The van der Waals surface area contributed by atoms with Crippen molar-refractivity contribution in [3.63, 3.8) is 0 Å². The molecule has 0 unspecified atom stereocenters. The first-order valence-corrected chi connectivity index (χ1v) is 12.6. The maximum atomic E-state index is 5.41. The number of rotatable bonds is 11. The Balaban J connectivity index is -0.000000364. The third kappa shape index (κ3) is 45.8. The van der Waals surface area contributed by atoms with E-state index in [9.17, 15) is 0 Å². The fourth-order valence-corrected chi connectivity index (χ4v) is 1.93. The van der Waals surface area contributed by atoms with Gasteiger partial charge in [0.05, 0.1) is 0 Å². The zero-order chi connectivity index (χ0) is 23.9. The van der Waals surface area contributed by atoms with Crippen LogP contribution in [0.15, 0.2) is 12.2 Å². The average Bonchev–Trinajstić information content (AvgIpc) is 2.60. The van der Waals surface area contributed by atoms with Crippen molar-refractivity contribution in [1.82, 2.24) is 0 Å². The van der Waals surface area contributed by atoms with Crippen molar-refractivity contribution >= 4 is 0 Å². The van der Waals surface area contributed by atoms with Crippen LogP contribution in [-0.4, -0.2) is 13.2 Å². The smallest absolute Gasteiger partial charge is 0.0488 e. The first kappa shape index (κ1) is 33.9. The molecule has 0 aliphatic heterocycles. The molecule has 0 radical (unpaired) electrons. The van der Waals surface area contributed by atoms with E-state index in [0.29, 0.717) is 5.92 Å². The molecule has 0 aromatic heterocycles. The number of hydrogen-bond acceptors (Lipinski definition) is 1. The molecule has 180 valence electrons. The third-order valence-electron chi connectivity index (χ3n) is 3.82.